The van der Waals surface area contributed by atoms with Gasteiger partial charge in [0.15, 0.2) is 0 Å². The number of nitriles is 1. The van der Waals surface area contributed by atoms with E-state index in [1.54, 1.807) is 4.67 Å². The van der Waals surface area contributed by atoms with Crippen LogP contribution in [0.5, 0.6) is 0 Å². The van der Waals surface area contributed by atoms with Gasteiger partial charge < -0.3 is 33.3 Å². The molecule has 0 aromatic carbocycles. The number of aryl methyl sites for hydroxylation is 2. The van der Waals surface area contributed by atoms with E-state index in [9.17, 15) is 34.0 Å². The molecule has 23 heteroatoms. The molecule has 2 aliphatic heterocycles. The van der Waals surface area contributed by atoms with Gasteiger partial charge in [0.25, 0.3) is 11.1 Å². The van der Waals surface area contributed by atoms with E-state index in [1.807, 2.05) is 33.8 Å². The van der Waals surface area contributed by atoms with E-state index >= 15 is 0 Å². The van der Waals surface area contributed by atoms with Crippen LogP contribution >= 0.6 is 14.5 Å². The maximum Gasteiger partial charge on any atom is 0.408 e. The topological polar surface area (TPSA) is 259 Å². The van der Waals surface area contributed by atoms with Crippen LogP contribution in [0.1, 0.15) is 70.5 Å². The Morgan fingerprint density at radius 3 is 1.96 bits per heavy atom. The summed E-state index contributed by atoms with van der Waals surface area (Å²) >= 11 is 5.79. The summed E-state index contributed by atoms with van der Waals surface area (Å²) in [5.41, 5.74) is -2.09. The summed E-state index contributed by atoms with van der Waals surface area (Å²) in [6, 6.07) is 1.41. The van der Waals surface area contributed by atoms with Crippen molar-refractivity contribution in [1.29, 1.82) is 5.26 Å². The zero-order chi connectivity index (χ0) is 40.0. The molecular formula is C31H48N6O14P2S. The molecule has 0 amide bonds. The van der Waals surface area contributed by atoms with Crippen molar-refractivity contribution in [2.75, 3.05) is 33.0 Å². The maximum absolute atomic E-state index is 14.0. The first-order valence-electron chi connectivity index (χ1n) is 17.3. The number of aromatic nitrogens is 4. The lowest BCUT2D eigenvalue weighted by Crippen LogP contribution is -2.36. The fraction of sp³-hybridized carbons (Fsp3) is 0.710. The molecule has 2 aromatic heterocycles. The summed E-state index contributed by atoms with van der Waals surface area (Å²) in [6.07, 6.45) is -3.58. The number of hydrogen-bond donors (Lipinski definition) is 4. The summed E-state index contributed by atoms with van der Waals surface area (Å²) in [5, 5.41) is 30.1. The lowest BCUT2D eigenvalue weighted by atomic mass is 10.2. The van der Waals surface area contributed by atoms with Crippen LogP contribution in [0.4, 0.5) is 0 Å². The molecule has 2 aromatic rings. The minimum absolute atomic E-state index is 0.0238. The third-order valence-electron chi connectivity index (χ3n) is 8.53. The van der Waals surface area contributed by atoms with Crippen LogP contribution < -0.4 is 22.5 Å². The normalized spacial score (nSPS) is 25.3. The molecule has 8 atom stereocenters. The highest BCUT2D eigenvalue weighted by Gasteiger charge is 2.43. The fourth-order valence-electron chi connectivity index (χ4n) is 6.05. The summed E-state index contributed by atoms with van der Waals surface area (Å²) in [5.74, 6) is 0. The highest BCUT2D eigenvalue weighted by Crippen LogP contribution is 2.56. The number of rotatable bonds is 19. The molecule has 2 fully saturated rings. The van der Waals surface area contributed by atoms with Crippen molar-refractivity contribution in [1.82, 2.24) is 23.8 Å². The highest BCUT2D eigenvalue weighted by atomic mass is 32.5. The molecule has 0 bridgehead atoms. The Hall–Kier alpha value is -2.67. The van der Waals surface area contributed by atoms with Gasteiger partial charge in [-0.1, -0.05) is 0 Å². The molecule has 54 heavy (non-hydrogen) atoms. The van der Waals surface area contributed by atoms with Crippen molar-refractivity contribution in [2.45, 2.75) is 110 Å². The molecular weight excluding hydrogens is 774 g/mol. The first-order valence-corrected chi connectivity index (χ1v) is 21.3. The number of ether oxygens (including phenoxy) is 2. The van der Waals surface area contributed by atoms with Crippen LogP contribution in [0.3, 0.4) is 0 Å². The van der Waals surface area contributed by atoms with Crippen molar-refractivity contribution >= 4 is 26.3 Å². The highest BCUT2D eigenvalue weighted by molar-refractivity contribution is 8.07. The summed E-state index contributed by atoms with van der Waals surface area (Å²) in [6.45, 7) is 4.62. The van der Waals surface area contributed by atoms with E-state index in [0.717, 1.165) is 9.13 Å². The van der Waals surface area contributed by atoms with E-state index < -0.39 is 87.0 Å². The molecule has 2 saturated heterocycles. The van der Waals surface area contributed by atoms with Crippen molar-refractivity contribution < 1.29 is 46.9 Å². The molecule has 302 valence electrons. The Morgan fingerprint density at radius 2 is 1.43 bits per heavy atom. The zero-order valence-corrected chi connectivity index (χ0v) is 33.4. The molecule has 0 aliphatic carbocycles. The number of nitrogens with one attached hydrogen (secondary N) is 2. The second-order valence-corrected chi connectivity index (χ2v) is 18.1. The van der Waals surface area contributed by atoms with Crippen LogP contribution in [-0.4, -0.2) is 104 Å². The molecule has 0 radical (unpaired) electrons. The average molecular weight is 823 g/mol. The molecule has 0 saturated carbocycles. The molecule has 2 aliphatic rings. The molecule has 4 N–H and O–H groups in total. The zero-order valence-electron chi connectivity index (χ0n) is 30.8. The molecule has 20 nitrogen and oxygen atoms in total. The average Bonchev–Trinajstić information content (AvgIpc) is 3.67. The lowest BCUT2D eigenvalue weighted by Gasteiger charge is -2.36. The predicted molar refractivity (Wildman–Crippen MR) is 195 cm³/mol. The van der Waals surface area contributed by atoms with Crippen molar-refractivity contribution in [2.24, 2.45) is 0 Å². The number of nitrogens with zero attached hydrogens (tertiary/aromatic N) is 4. The second-order valence-electron chi connectivity index (χ2n) is 13.3. The van der Waals surface area contributed by atoms with Gasteiger partial charge in [-0.25, -0.2) is 18.8 Å². The maximum atomic E-state index is 14.0. The van der Waals surface area contributed by atoms with Gasteiger partial charge in [0.05, 0.1) is 57.7 Å². The largest absolute Gasteiger partial charge is 0.408 e. The molecule has 8 unspecified atom stereocenters. The summed E-state index contributed by atoms with van der Waals surface area (Å²) < 4.78 is 59.3. The van der Waals surface area contributed by atoms with Crippen molar-refractivity contribution in [3.05, 3.63) is 65.2 Å². The van der Waals surface area contributed by atoms with E-state index in [1.165, 1.54) is 26.2 Å². The molecule has 4 rings (SSSR count). The van der Waals surface area contributed by atoms with Gasteiger partial charge in [-0.3, -0.25) is 37.7 Å². The Morgan fingerprint density at radius 1 is 0.907 bits per heavy atom. The van der Waals surface area contributed by atoms with Crippen LogP contribution in [-0.2, 0) is 48.5 Å². The van der Waals surface area contributed by atoms with Crippen molar-refractivity contribution in [3.8, 4) is 6.07 Å². The van der Waals surface area contributed by atoms with Crippen LogP contribution in [0.15, 0.2) is 31.6 Å². The first kappa shape index (κ1) is 44.0. The first-order chi connectivity index (χ1) is 25.4. The van der Waals surface area contributed by atoms with Gasteiger partial charge in [0.2, 0.25) is 0 Å². The number of aromatic amines is 2. The monoisotopic (exact) mass is 822 g/mol. The minimum atomic E-state index is -3.95. The number of aliphatic hydroxyl groups is 2. The second kappa shape index (κ2) is 19.0. The SMILES string of the molecule is Cc1cn(C2CC(O)C(COP(=S)(OCCOP(=O)(OCCC#N)N(C(C)C)C(C)C)OC3CC(n4cc(C)c(=O)[nH]c4=O)OC3CO)O2)c(=O)[nH]c1=O. The van der Waals surface area contributed by atoms with E-state index in [2.05, 4.69) is 9.97 Å². The van der Waals surface area contributed by atoms with Crippen LogP contribution in [0.25, 0.3) is 0 Å². The Labute approximate surface area is 315 Å². The van der Waals surface area contributed by atoms with Crippen LogP contribution in [0.2, 0.25) is 0 Å². The number of H-pyrrole nitrogens is 2. The van der Waals surface area contributed by atoms with Crippen molar-refractivity contribution in [3.63, 3.8) is 0 Å². The molecule has 0 spiro atoms. The lowest BCUT2D eigenvalue weighted by molar-refractivity contribution is -0.0552. The fourth-order valence-corrected chi connectivity index (χ4v) is 10.3. The predicted octanol–water partition coefficient (Wildman–Crippen LogP) is 1.45. The van der Waals surface area contributed by atoms with Crippen LogP contribution in [0, 0.1) is 25.2 Å². The third kappa shape index (κ3) is 10.8. The quantitative estimate of drug-likeness (QED) is 0.115. The van der Waals surface area contributed by atoms with Gasteiger partial charge in [0, 0.05) is 48.4 Å². The minimum Gasteiger partial charge on any atom is -0.394 e. The summed E-state index contributed by atoms with van der Waals surface area (Å²) in [7, 11) is -3.95. The number of hydrogen-bond acceptors (Lipinski definition) is 16. The van der Waals surface area contributed by atoms with Gasteiger partial charge in [-0.05, 0) is 53.3 Å². The van der Waals surface area contributed by atoms with E-state index in [4.69, 9.17) is 49.2 Å². The van der Waals surface area contributed by atoms with E-state index in [0.29, 0.717) is 0 Å². The van der Waals surface area contributed by atoms with E-state index in [-0.39, 0.29) is 62.3 Å². The third-order valence-corrected chi connectivity index (χ3v) is 13.4. The Kier molecular flexibility index (Phi) is 15.5. The molecule has 4 heterocycles. The Balaban J connectivity index is 1.54. The van der Waals surface area contributed by atoms with Gasteiger partial charge in [-0.15, -0.1) is 0 Å². The Bertz CT molecular complexity index is 1970. The smallest absolute Gasteiger partial charge is 0.394 e. The standard InChI is InChI=1S/C31H48N6O14P2S/c1-18(2)37(19(3)4)52(44,45-9-7-8-32)46-10-11-47-53(54,48-17-25-22(39)12-26(50-25)35-14-20(5)28(40)33-30(35)42)51-23-13-27(49-24(23)16-38)36-15-21(6)29(41)34-31(36)43/h14-15,18-19,22-27,38-39H,7,9-13,16-17H2,1-6H3,(H,33,40,42)(H,34,41,43). The van der Waals surface area contributed by atoms with Gasteiger partial charge >= 0.3 is 25.8 Å². The number of aliphatic hydroxyl groups excluding tert-OH is 2. The van der Waals surface area contributed by atoms with Gasteiger partial charge in [-0.2, -0.15) is 5.26 Å². The summed E-state index contributed by atoms with van der Waals surface area (Å²) in [4.78, 5) is 53.4. The van der Waals surface area contributed by atoms with Gasteiger partial charge in [0.1, 0.15) is 24.7 Å².